The molecule has 0 bridgehead atoms. The number of carbonyl (C=O) groups excluding carboxylic acids is 2. The molecule has 2 aromatic rings. The fourth-order valence-electron chi connectivity index (χ4n) is 2.29. The summed E-state index contributed by atoms with van der Waals surface area (Å²) in [6, 6.07) is 12.6. The first-order chi connectivity index (χ1) is 12.3. The molecule has 0 unspecified atom stereocenters. The maximum absolute atomic E-state index is 11.6. The zero-order chi connectivity index (χ0) is 19.3. The van der Waals surface area contributed by atoms with Crippen molar-refractivity contribution in [3.8, 4) is 22.6 Å². The number of rotatable bonds is 6. The van der Waals surface area contributed by atoms with Gasteiger partial charge < -0.3 is 9.47 Å². The molecule has 0 aliphatic rings. The Hall–Kier alpha value is -3.14. The summed E-state index contributed by atoms with van der Waals surface area (Å²) < 4.78 is 10.5. The van der Waals surface area contributed by atoms with Crippen molar-refractivity contribution in [3.05, 3.63) is 66.8 Å². The van der Waals surface area contributed by atoms with Crippen LogP contribution in [0.25, 0.3) is 16.7 Å². The topological polar surface area (TPSA) is 52.6 Å². The summed E-state index contributed by atoms with van der Waals surface area (Å²) in [5.74, 6) is 0.203. The summed E-state index contributed by atoms with van der Waals surface area (Å²) in [5.41, 5.74) is 3.97. The summed E-state index contributed by atoms with van der Waals surface area (Å²) in [4.78, 5) is 23.1. The molecule has 0 N–H and O–H groups in total. The smallest absolute Gasteiger partial charge is 0.338 e. The third kappa shape index (κ3) is 4.70. The van der Waals surface area contributed by atoms with Crippen LogP contribution in [0.2, 0.25) is 0 Å². The highest BCUT2D eigenvalue weighted by Crippen LogP contribution is 2.32. The molecule has 4 heteroatoms. The van der Waals surface area contributed by atoms with Crippen molar-refractivity contribution in [1.82, 2.24) is 0 Å². The van der Waals surface area contributed by atoms with E-state index in [2.05, 4.69) is 13.2 Å². The minimum absolute atomic E-state index is 0.283. The molecule has 0 atom stereocenters. The average Bonchev–Trinajstić information content (AvgIpc) is 2.62. The molecule has 0 saturated heterocycles. The lowest BCUT2D eigenvalue weighted by Gasteiger charge is -2.13. The van der Waals surface area contributed by atoms with E-state index in [0.29, 0.717) is 23.5 Å². The van der Waals surface area contributed by atoms with E-state index in [1.807, 2.05) is 25.1 Å². The Morgan fingerprint density at radius 1 is 0.923 bits per heavy atom. The Morgan fingerprint density at radius 2 is 1.54 bits per heavy atom. The lowest BCUT2D eigenvalue weighted by atomic mass is 9.95. The van der Waals surface area contributed by atoms with Crippen LogP contribution in [0.1, 0.15) is 32.8 Å². The minimum Gasteiger partial charge on any atom is -0.427 e. The molecular weight excluding hydrogens is 328 g/mol. The van der Waals surface area contributed by atoms with Crippen LogP contribution in [0.4, 0.5) is 0 Å². The second-order valence-corrected chi connectivity index (χ2v) is 6.01. The largest absolute Gasteiger partial charge is 0.427 e. The van der Waals surface area contributed by atoms with Gasteiger partial charge in [0.25, 0.3) is 0 Å². The van der Waals surface area contributed by atoms with Gasteiger partial charge in [-0.25, -0.2) is 4.79 Å². The molecule has 0 aliphatic carbocycles. The van der Waals surface area contributed by atoms with Gasteiger partial charge in [0.15, 0.2) is 0 Å². The number of benzene rings is 2. The van der Waals surface area contributed by atoms with Gasteiger partial charge in [0.05, 0.1) is 0 Å². The van der Waals surface area contributed by atoms with Crippen molar-refractivity contribution in [2.24, 2.45) is 0 Å². The van der Waals surface area contributed by atoms with Crippen LogP contribution in [0.5, 0.6) is 11.5 Å². The van der Waals surface area contributed by atoms with Crippen LogP contribution in [0.3, 0.4) is 0 Å². The number of esters is 2. The van der Waals surface area contributed by atoms with E-state index in [1.165, 1.54) is 0 Å². The number of carbonyl (C=O) groups is 2. The molecular formula is C22H22O4. The molecule has 2 aromatic carbocycles. The predicted octanol–water partition coefficient (Wildman–Crippen LogP) is 5.18. The fourth-order valence-corrected chi connectivity index (χ4v) is 2.29. The summed E-state index contributed by atoms with van der Waals surface area (Å²) in [5, 5.41) is 0. The maximum Gasteiger partial charge on any atom is 0.338 e. The molecule has 0 heterocycles. The normalized spacial score (nSPS) is 10.1. The van der Waals surface area contributed by atoms with Crippen molar-refractivity contribution < 1.29 is 19.1 Å². The van der Waals surface area contributed by atoms with E-state index in [0.717, 1.165) is 22.3 Å². The number of hydrogen-bond donors (Lipinski definition) is 0. The second kappa shape index (κ2) is 8.30. The van der Waals surface area contributed by atoms with Gasteiger partial charge in [0.2, 0.25) is 0 Å². The maximum atomic E-state index is 11.6. The minimum atomic E-state index is -0.456. The fraction of sp³-hybridized carbons (Fsp3) is 0.182. The highest BCUT2D eigenvalue weighted by Gasteiger charge is 2.11. The zero-order valence-corrected chi connectivity index (χ0v) is 15.3. The van der Waals surface area contributed by atoms with Crippen LogP contribution in [-0.2, 0) is 9.59 Å². The Morgan fingerprint density at radius 3 is 2.08 bits per heavy atom. The van der Waals surface area contributed by atoms with E-state index >= 15 is 0 Å². The van der Waals surface area contributed by atoms with E-state index < -0.39 is 5.97 Å². The van der Waals surface area contributed by atoms with Gasteiger partial charge in [0, 0.05) is 12.0 Å². The van der Waals surface area contributed by atoms with Gasteiger partial charge in [0.1, 0.15) is 11.5 Å². The van der Waals surface area contributed by atoms with Gasteiger partial charge in [-0.1, -0.05) is 43.9 Å². The van der Waals surface area contributed by atoms with Crippen LogP contribution >= 0.6 is 0 Å². The summed E-state index contributed by atoms with van der Waals surface area (Å²) >= 11 is 0. The molecule has 4 nitrogen and oxygen atoms in total. The van der Waals surface area contributed by atoms with Gasteiger partial charge in [-0.2, -0.15) is 0 Å². The van der Waals surface area contributed by atoms with Crippen molar-refractivity contribution in [3.63, 3.8) is 0 Å². The third-order valence-corrected chi connectivity index (χ3v) is 3.70. The summed E-state index contributed by atoms with van der Waals surface area (Å²) in [7, 11) is 0. The van der Waals surface area contributed by atoms with Crippen LogP contribution < -0.4 is 9.47 Å². The third-order valence-electron chi connectivity index (χ3n) is 3.70. The molecule has 26 heavy (non-hydrogen) atoms. The molecule has 0 radical (unpaired) electrons. The number of ether oxygens (including phenoxy) is 2. The van der Waals surface area contributed by atoms with Crippen molar-refractivity contribution in [2.45, 2.75) is 27.2 Å². The van der Waals surface area contributed by atoms with Crippen LogP contribution in [0.15, 0.2) is 61.2 Å². The van der Waals surface area contributed by atoms with E-state index in [4.69, 9.17) is 9.47 Å². The van der Waals surface area contributed by atoms with Crippen molar-refractivity contribution in [1.29, 1.82) is 0 Å². The predicted molar refractivity (Wildman–Crippen MR) is 103 cm³/mol. The zero-order valence-electron chi connectivity index (χ0n) is 15.3. The van der Waals surface area contributed by atoms with Gasteiger partial charge in [-0.05, 0) is 54.8 Å². The summed E-state index contributed by atoms with van der Waals surface area (Å²) in [6.45, 7) is 12.8. The van der Waals surface area contributed by atoms with Crippen LogP contribution in [-0.4, -0.2) is 11.9 Å². The molecule has 0 aromatic heterocycles. The standard InChI is InChI=1S/C22H22O4/c1-6-21(23)25-18-11-12-19(20(13-18)14(2)3)16-7-9-17(10-8-16)26-22(24)15(4)5/h7-13H,2,4,6H2,1,3,5H3. The molecule has 2 rings (SSSR count). The molecule has 0 aliphatic heterocycles. The van der Waals surface area contributed by atoms with Crippen molar-refractivity contribution in [2.75, 3.05) is 0 Å². The molecule has 0 spiro atoms. The summed E-state index contributed by atoms with van der Waals surface area (Å²) in [6.07, 6.45) is 0.314. The lowest BCUT2D eigenvalue weighted by Crippen LogP contribution is -2.07. The van der Waals surface area contributed by atoms with Gasteiger partial charge >= 0.3 is 11.9 Å². The van der Waals surface area contributed by atoms with E-state index in [9.17, 15) is 9.59 Å². The SMILES string of the molecule is C=C(C)C(=O)Oc1ccc(-c2ccc(OC(=O)CC)cc2C(=C)C)cc1. The Bertz CT molecular complexity index is 860. The molecule has 134 valence electrons. The molecule has 0 saturated carbocycles. The van der Waals surface area contributed by atoms with Gasteiger partial charge in [-0.15, -0.1) is 0 Å². The highest BCUT2D eigenvalue weighted by atomic mass is 16.5. The van der Waals surface area contributed by atoms with E-state index in [-0.39, 0.29) is 5.97 Å². The highest BCUT2D eigenvalue weighted by molar-refractivity contribution is 5.89. The average molecular weight is 350 g/mol. The first kappa shape index (κ1) is 19.2. The van der Waals surface area contributed by atoms with E-state index in [1.54, 1.807) is 38.1 Å². The monoisotopic (exact) mass is 350 g/mol. The number of allylic oxidation sites excluding steroid dienone is 1. The molecule has 0 amide bonds. The quantitative estimate of drug-likeness (QED) is 0.409. The number of hydrogen-bond acceptors (Lipinski definition) is 4. The van der Waals surface area contributed by atoms with Gasteiger partial charge in [-0.3, -0.25) is 4.79 Å². The molecule has 0 fully saturated rings. The Kier molecular flexibility index (Phi) is 6.12. The first-order valence-corrected chi connectivity index (χ1v) is 8.30. The second-order valence-electron chi connectivity index (χ2n) is 6.01. The Labute approximate surface area is 153 Å². The Balaban J connectivity index is 2.32. The van der Waals surface area contributed by atoms with Crippen LogP contribution in [0, 0.1) is 0 Å². The lowest BCUT2D eigenvalue weighted by molar-refractivity contribution is -0.134. The first-order valence-electron chi connectivity index (χ1n) is 8.30. The van der Waals surface area contributed by atoms with Crippen molar-refractivity contribution >= 4 is 17.5 Å².